The zero-order valence-corrected chi connectivity index (χ0v) is 11.2. The Morgan fingerprint density at radius 2 is 1.83 bits per heavy atom. The molecule has 1 aromatic carbocycles. The largest absolute Gasteiger partial charge is 0.497 e. The number of ether oxygens (including phenoxy) is 1. The third kappa shape index (κ3) is 2.47. The average Bonchev–Trinajstić information content (AvgIpc) is 2.38. The van der Waals surface area contributed by atoms with Gasteiger partial charge in [-0.1, -0.05) is 31.6 Å². The van der Waals surface area contributed by atoms with Crippen LogP contribution < -0.4 is 4.74 Å². The molecule has 0 aliphatic heterocycles. The standard InChI is InChI=1S/C16H19FO/c1-11(2)14-5-4-6-15(17)16(14)12-7-9-13(18-3)10-8-12/h6-11H,4-5H2,1-3H3. The highest BCUT2D eigenvalue weighted by molar-refractivity contribution is 5.80. The highest BCUT2D eigenvalue weighted by Crippen LogP contribution is 2.37. The van der Waals surface area contributed by atoms with Gasteiger partial charge < -0.3 is 4.74 Å². The first-order valence-electron chi connectivity index (χ1n) is 6.37. The van der Waals surface area contributed by atoms with Crippen molar-refractivity contribution in [3.8, 4) is 5.75 Å². The minimum absolute atomic E-state index is 0.0879. The Morgan fingerprint density at radius 1 is 1.17 bits per heavy atom. The predicted octanol–water partition coefficient (Wildman–Crippen LogP) is 4.75. The van der Waals surface area contributed by atoms with Crippen LogP contribution in [0.2, 0.25) is 0 Å². The zero-order valence-electron chi connectivity index (χ0n) is 11.2. The molecular formula is C16H19FO. The smallest absolute Gasteiger partial charge is 0.127 e. The first-order chi connectivity index (χ1) is 8.63. The maximum Gasteiger partial charge on any atom is 0.127 e. The number of benzene rings is 1. The molecular weight excluding hydrogens is 227 g/mol. The first-order valence-corrected chi connectivity index (χ1v) is 6.37. The normalized spacial score (nSPS) is 15.9. The summed E-state index contributed by atoms with van der Waals surface area (Å²) in [5, 5.41) is 0. The van der Waals surface area contributed by atoms with Crippen molar-refractivity contribution in [3.05, 3.63) is 47.3 Å². The van der Waals surface area contributed by atoms with Gasteiger partial charge >= 0.3 is 0 Å². The van der Waals surface area contributed by atoms with Gasteiger partial charge in [-0.05, 0) is 42.5 Å². The van der Waals surface area contributed by atoms with Gasteiger partial charge in [0, 0.05) is 5.57 Å². The lowest BCUT2D eigenvalue weighted by Crippen LogP contribution is -2.04. The van der Waals surface area contributed by atoms with Gasteiger partial charge in [-0.2, -0.15) is 0 Å². The fourth-order valence-corrected chi connectivity index (χ4v) is 2.39. The second-order valence-corrected chi connectivity index (χ2v) is 4.87. The van der Waals surface area contributed by atoms with Gasteiger partial charge in [-0.3, -0.25) is 0 Å². The van der Waals surface area contributed by atoms with Crippen LogP contribution in [-0.2, 0) is 0 Å². The van der Waals surface area contributed by atoms with E-state index in [1.807, 2.05) is 24.3 Å². The van der Waals surface area contributed by atoms with Crippen molar-refractivity contribution in [2.24, 2.45) is 5.92 Å². The van der Waals surface area contributed by atoms with Crippen molar-refractivity contribution in [1.29, 1.82) is 0 Å². The summed E-state index contributed by atoms with van der Waals surface area (Å²) in [5.41, 5.74) is 2.92. The average molecular weight is 246 g/mol. The molecule has 0 N–H and O–H groups in total. The third-order valence-electron chi connectivity index (χ3n) is 3.37. The lowest BCUT2D eigenvalue weighted by molar-refractivity contribution is 0.415. The molecule has 1 nitrogen and oxygen atoms in total. The highest BCUT2D eigenvalue weighted by atomic mass is 19.1. The molecule has 0 amide bonds. The number of allylic oxidation sites excluding steroid dienone is 4. The Balaban J connectivity index is 2.46. The maximum absolute atomic E-state index is 14.1. The molecule has 18 heavy (non-hydrogen) atoms. The highest BCUT2D eigenvalue weighted by Gasteiger charge is 2.19. The molecule has 0 saturated carbocycles. The second-order valence-electron chi connectivity index (χ2n) is 4.87. The molecule has 1 aliphatic rings. The van der Waals surface area contributed by atoms with Crippen LogP contribution in [0.25, 0.3) is 5.57 Å². The van der Waals surface area contributed by atoms with E-state index < -0.39 is 0 Å². The molecule has 0 saturated heterocycles. The molecule has 0 bridgehead atoms. The fraction of sp³-hybridized carbons (Fsp3) is 0.375. The van der Waals surface area contributed by atoms with Gasteiger partial charge in [0.2, 0.25) is 0 Å². The Kier molecular flexibility index (Phi) is 3.85. The number of methoxy groups -OCH3 is 1. The van der Waals surface area contributed by atoms with Crippen molar-refractivity contribution in [2.45, 2.75) is 26.7 Å². The summed E-state index contributed by atoms with van der Waals surface area (Å²) in [6, 6.07) is 7.61. The van der Waals surface area contributed by atoms with Gasteiger partial charge in [-0.15, -0.1) is 0 Å². The number of hydrogen-bond acceptors (Lipinski definition) is 1. The Morgan fingerprint density at radius 3 is 2.39 bits per heavy atom. The lowest BCUT2D eigenvalue weighted by Gasteiger charge is -2.21. The van der Waals surface area contributed by atoms with Crippen LogP contribution in [0.3, 0.4) is 0 Å². The van der Waals surface area contributed by atoms with E-state index in [1.54, 1.807) is 13.2 Å². The lowest BCUT2D eigenvalue weighted by atomic mass is 9.85. The van der Waals surface area contributed by atoms with Crippen LogP contribution in [0.1, 0.15) is 32.3 Å². The number of halogens is 1. The van der Waals surface area contributed by atoms with Crippen LogP contribution in [-0.4, -0.2) is 7.11 Å². The molecule has 96 valence electrons. The molecule has 0 unspecified atom stereocenters. The monoisotopic (exact) mass is 246 g/mol. The summed E-state index contributed by atoms with van der Waals surface area (Å²) >= 11 is 0. The summed E-state index contributed by atoms with van der Waals surface area (Å²) < 4.78 is 19.2. The summed E-state index contributed by atoms with van der Waals surface area (Å²) in [5.74, 6) is 1.09. The van der Waals surface area contributed by atoms with E-state index in [-0.39, 0.29) is 5.83 Å². The fourth-order valence-electron chi connectivity index (χ4n) is 2.39. The maximum atomic E-state index is 14.1. The summed E-state index contributed by atoms with van der Waals surface area (Å²) in [6.45, 7) is 4.24. The molecule has 0 radical (unpaired) electrons. The van der Waals surface area contributed by atoms with Gasteiger partial charge in [0.1, 0.15) is 11.6 Å². The van der Waals surface area contributed by atoms with Crippen molar-refractivity contribution in [2.75, 3.05) is 7.11 Å². The summed E-state index contributed by atoms with van der Waals surface area (Å²) in [4.78, 5) is 0. The number of rotatable bonds is 3. The molecule has 0 spiro atoms. The molecule has 1 aromatic rings. The first kappa shape index (κ1) is 12.9. The Bertz CT molecular complexity index is 480. The zero-order chi connectivity index (χ0) is 13.1. The van der Waals surface area contributed by atoms with E-state index in [4.69, 9.17) is 4.74 Å². The van der Waals surface area contributed by atoms with Crippen molar-refractivity contribution < 1.29 is 9.13 Å². The van der Waals surface area contributed by atoms with Crippen molar-refractivity contribution in [3.63, 3.8) is 0 Å². The van der Waals surface area contributed by atoms with Crippen LogP contribution in [0.4, 0.5) is 4.39 Å². The van der Waals surface area contributed by atoms with E-state index in [0.29, 0.717) is 5.92 Å². The van der Waals surface area contributed by atoms with Crippen LogP contribution in [0.15, 0.2) is 41.7 Å². The number of hydrogen-bond donors (Lipinski definition) is 0. The topological polar surface area (TPSA) is 9.23 Å². The van der Waals surface area contributed by atoms with Crippen molar-refractivity contribution in [1.82, 2.24) is 0 Å². The molecule has 0 heterocycles. The van der Waals surface area contributed by atoms with Gasteiger partial charge in [0.15, 0.2) is 0 Å². The minimum Gasteiger partial charge on any atom is -0.497 e. The van der Waals surface area contributed by atoms with Crippen molar-refractivity contribution >= 4 is 5.57 Å². The Labute approximate surface area is 108 Å². The van der Waals surface area contributed by atoms with Gasteiger partial charge in [0.25, 0.3) is 0 Å². The van der Waals surface area contributed by atoms with E-state index in [9.17, 15) is 4.39 Å². The molecule has 0 atom stereocenters. The predicted molar refractivity (Wildman–Crippen MR) is 73.2 cm³/mol. The van der Waals surface area contributed by atoms with E-state index in [0.717, 1.165) is 29.7 Å². The third-order valence-corrected chi connectivity index (χ3v) is 3.37. The van der Waals surface area contributed by atoms with Crippen LogP contribution in [0, 0.1) is 5.92 Å². The van der Waals surface area contributed by atoms with E-state index >= 15 is 0 Å². The van der Waals surface area contributed by atoms with E-state index in [2.05, 4.69) is 13.8 Å². The second kappa shape index (κ2) is 5.38. The van der Waals surface area contributed by atoms with Crippen LogP contribution in [0.5, 0.6) is 5.75 Å². The van der Waals surface area contributed by atoms with Crippen LogP contribution >= 0.6 is 0 Å². The molecule has 1 aliphatic carbocycles. The summed E-state index contributed by atoms with van der Waals surface area (Å²) in [7, 11) is 1.63. The molecule has 2 heteroatoms. The van der Waals surface area contributed by atoms with E-state index in [1.165, 1.54) is 5.57 Å². The quantitative estimate of drug-likeness (QED) is 0.747. The summed E-state index contributed by atoms with van der Waals surface area (Å²) in [6.07, 6.45) is 3.44. The SMILES string of the molecule is COc1ccc(C2=C(C(C)C)CCC=C2F)cc1. The van der Waals surface area contributed by atoms with Gasteiger partial charge in [0.05, 0.1) is 7.11 Å². The molecule has 2 rings (SSSR count). The minimum atomic E-state index is -0.0879. The molecule has 0 fully saturated rings. The Hall–Kier alpha value is -1.57. The van der Waals surface area contributed by atoms with Gasteiger partial charge in [-0.25, -0.2) is 4.39 Å². The molecule has 0 aromatic heterocycles.